The second-order valence-corrected chi connectivity index (χ2v) is 2.95. The van der Waals surface area contributed by atoms with Crippen molar-refractivity contribution in [1.29, 1.82) is 0 Å². The monoisotopic (exact) mass is 182 g/mol. The molecule has 0 bridgehead atoms. The Bertz CT molecular complexity index is 76.2. The molecular formula is H6NO5PV. The van der Waals surface area contributed by atoms with Crippen molar-refractivity contribution in [3.05, 3.63) is 0 Å². The van der Waals surface area contributed by atoms with E-state index >= 15 is 0 Å². The fourth-order valence-electron chi connectivity index (χ4n) is 0.0447. The van der Waals surface area contributed by atoms with Crippen LogP contribution in [-0.4, -0.2) is 14.7 Å². The van der Waals surface area contributed by atoms with E-state index in [0.29, 0.717) is 0 Å². The second kappa shape index (κ2) is 2.19. The quantitative estimate of drug-likeness (QED) is 0.221. The molecule has 1 aliphatic heterocycles. The average Bonchev–Trinajstić information content (AvgIpc) is 1.73. The third-order valence-corrected chi connectivity index (χ3v) is 0.824. The van der Waals surface area contributed by atoms with Gasteiger partial charge in [-0.25, -0.2) is 0 Å². The van der Waals surface area contributed by atoms with E-state index in [1.54, 1.807) is 0 Å². The fraction of sp³-hybridized carbons (Fsp3) is 0. The molecule has 0 aromatic rings. The van der Waals surface area contributed by atoms with Crippen LogP contribution >= 0.6 is 7.74 Å². The number of rotatable bonds is 0. The molecule has 0 atom stereocenters. The van der Waals surface area contributed by atoms with Crippen molar-refractivity contribution >= 4 is 7.74 Å². The first-order chi connectivity index (χ1) is 2.47. The van der Waals surface area contributed by atoms with Gasteiger partial charge in [0, 0.05) is 18.6 Å². The van der Waals surface area contributed by atoms with Crippen LogP contribution in [0.25, 0.3) is 0 Å². The zero-order valence-electron chi connectivity index (χ0n) is 3.76. The Balaban J connectivity index is 0. The summed E-state index contributed by atoms with van der Waals surface area (Å²) in [5.74, 6) is 0. The minimum atomic E-state index is -4.80. The maximum absolute atomic E-state index is 7.89. The molecule has 1 rings (SSSR count). The summed E-state index contributed by atoms with van der Waals surface area (Å²) in [6, 6.07) is 0. The minimum absolute atomic E-state index is 0. The second-order valence-electron chi connectivity index (χ2n) is 0.982. The zero-order chi connectivity index (χ0) is 4.86. The predicted octanol–water partition coefficient (Wildman–Crippen LogP) is -0.787. The van der Waals surface area contributed by atoms with E-state index in [0.717, 1.165) is 0 Å². The number of hydrogen-bond donors (Lipinski definition) is 4. The molecule has 1 heterocycles. The molecule has 1 fully saturated rings. The summed E-state index contributed by atoms with van der Waals surface area (Å²) in [6.45, 7) is 0. The largest absolute Gasteiger partial charge is 0 e. The maximum atomic E-state index is 7.89. The summed E-state index contributed by atoms with van der Waals surface area (Å²) in [7, 11) is -4.80. The molecule has 0 aromatic carbocycles. The van der Waals surface area contributed by atoms with Crippen LogP contribution < -0.4 is 6.15 Å². The van der Waals surface area contributed by atoms with Crippen LogP contribution in [0.5, 0.6) is 0 Å². The first-order valence-corrected chi connectivity index (χ1v) is 3.06. The fourth-order valence-corrected chi connectivity index (χ4v) is 0.402. The predicted molar refractivity (Wildman–Crippen MR) is 20.8 cm³/mol. The Morgan fingerprint density at radius 2 is 1.12 bits per heavy atom. The first kappa shape index (κ1) is 11.6. The SMILES string of the molecule is N.OP1(O)(O)OO1.[V]. The van der Waals surface area contributed by atoms with Crippen molar-refractivity contribution in [1.82, 2.24) is 6.15 Å². The topological polar surface area (TPSA) is 121 Å². The Morgan fingerprint density at radius 1 is 1.00 bits per heavy atom. The molecule has 6 N–H and O–H groups in total. The zero-order valence-corrected chi connectivity index (χ0v) is 6.05. The van der Waals surface area contributed by atoms with Crippen molar-refractivity contribution < 1.29 is 42.6 Å². The van der Waals surface area contributed by atoms with Crippen LogP contribution in [0.3, 0.4) is 0 Å². The van der Waals surface area contributed by atoms with Crippen LogP contribution in [0.15, 0.2) is 0 Å². The summed E-state index contributed by atoms with van der Waals surface area (Å²) < 4.78 is 6.76. The molecule has 6 nitrogen and oxygen atoms in total. The molecular weight excluding hydrogens is 176 g/mol. The van der Waals surface area contributed by atoms with Crippen LogP contribution in [0.1, 0.15) is 0 Å². The molecule has 0 aromatic heterocycles. The van der Waals surface area contributed by atoms with Gasteiger partial charge in [-0.1, -0.05) is 0 Å². The Morgan fingerprint density at radius 3 is 1.12 bits per heavy atom. The standard InChI is InChI=1S/H3N.H3O5P.V/c;1-6(2,3)4-5-6;/h1H3;1-3H;. The normalized spacial score (nSPS) is 32.1. The van der Waals surface area contributed by atoms with Crippen LogP contribution in [0.2, 0.25) is 0 Å². The summed E-state index contributed by atoms with van der Waals surface area (Å²) in [4.78, 5) is 23.7. The number of hydrogen-bond acceptors (Lipinski definition) is 6. The van der Waals surface area contributed by atoms with E-state index in [4.69, 9.17) is 14.7 Å². The summed E-state index contributed by atoms with van der Waals surface area (Å²) in [5.41, 5.74) is 0. The molecule has 51 valence electrons. The molecule has 0 spiro atoms. The van der Waals surface area contributed by atoms with E-state index in [-0.39, 0.29) is 24.7 Å². The van der Waals surface area contributed by atoms with Gasteiger partial charge in [0.25, 0.3) is 0 Å². The molecule has 0 aliphatic carbocycles. The first-order valence-electron chi connectivity index (χ1n) is 1.13. The van der Waals surface area contributed by atoms with E-state index in [1.165, 1.54) is 0 Å². The van der Waals surface area contributed by atoms with Gasteiger partial charge in [-0.15, -0.1) is 0 Å². The van der Waals surface area contributed by atoms with Gasteiger partial charge in [0.05, 0.1) is 0 Å². The molecule has 0 saturated carbocycles. The van der Waals surface area contributed by atoms with Crippen molar-refractivity contribution in [3.63, 3.8) is 0 Å². The third kappa shape index (κ3) is 3.74. The van der Waals surface area contributed by atoms with Gasteiger partial charge < -0.3 is 6.15 Å². The minimum Gasteiger partial charge on any atom is 0 e. The third-order valence-electron chi connectivity index (χ3n) is 0.275. The van der Waals surface area contributed by atoms with Gasteiger partial charge >= 0.3 is 31.8 Å². The molecule has 0 amide bonds. The molecule has 1 saturated heterocycles. The Hall–Kier alpha value is 0.774. The molecule has 0 unspecified atom stereocenters. The van der Waals surface area contributed by atoms with Crippen molar-refractivity contribution in [2.45, 2.75) is 0 Å². The Labute approximate surface area is 57.2 Å². The summed E-state index contributed by atoms with van der Waals surface area (Å²) >= 11 is 0. The van der Waals surface area contributed by atoms with E-state index < -0.39 is 7.74 Å². The van der Waals surface area contributed by atoms with Gasteiger partial charge in [-0.3, -0.25) is 0 Å². The van der Waals surface area contributed by atoms with E-state index in [2.05, 4.69) is 9.35 Å². The van der Waals surface area contributed by atoms with Crippen molar-refractivity contribution in [3.8, 4) is 0 Å². The van der Waals surface area contributed by atoms with Gasteiger partial charge in [-0.05, 0) is 0 Å². The van der Waals surface area contributed by atoms with E-state index in [9.17, 15) is 0 Å². The Kier molecular flexibility index (Phi) is 3.16. The van der Waals surface area contributed by atoms with Crippen LogP contribution in [0.4, 0.5) is 0 Å². The molecule has 1 radical (unpaired) electrons. The van der Waals surface area contributed by atoms with Gasteiger partial charge in [0.2, 0.25) is 0 Å². The van der Waals surface area contributed by atoms with Crippen LogP contribution in [0, 0.1) is 0 Å². The summed E-state index contributed by atoms with van der Waals surface area (Å²) in [6.07, 6.45) is 0. The molecule has 8 heavy (non-hydrogen) atoms. The van der Waals surface area contributed by atoms with Crippen LogP contribution in [-0.2, 0) is 27.9 Å². The molecule has 8 heteroatoms. The molecule has 1 aliphatic rings. The average molecular weight is 182 g/mol. The smallest absolute Gasteiger partial charge is 0 e. The van der Waals surface area contributed by atoms with E-state index in [1.807, 2.05) is 0 Å². The summed E-state index contributed by atoms with van der Waals surface area (Å²) in [5, 5.41) is 0. The van der Waals surface area contributed by atoms with Gasteiger partial charge in [-0.2, -0.15) is 0 Å². The van der Waals surface area contributed by atoms with Gasteiger partial charge in [0.15, 0.2) is 0 Å². The van der Waals surface area contributed by atoms with Gasteiger partial charge in [0.1, 0.15) is 0 Å². The van der Waals surface area contributed by atoms with Crippen molar-refractivity contribution in [2.75, 3.05) is 0 Å². The van der Waals surface area contributed by atoms with Crippen molar-refractivity contribution in [2.24, 2.45) is 0 Å². The maximum Gasteiger partial charge on any atom is 0 e.